The van der Waals surface area contributed by atoms with Gasteiger partial charge in [0.1, 0.15) is 5.75 Å². The molecule has 1 aromatic heterocycles. The fraction of sp³-hybridized carbons (Fsp3) is 0.333. The summed E-state index contributed by atoms with van der Waals surface area (Å²) in [6.07, 6.45) is 0.329. The van der Waals surface area contributed by atoms with Crippen LogP contribution in [0.15, 0.2) is 18.2 Å². The van der Waals surface area contributed by atoms with E-state index in [4.69, 9.17) is 9.47 Å². The topological polar surface area (TPSA) is 60.5 Å². The largest absolute Gasteiger partial charge is 0.497 e. The Bertz CT molecular complexity index is 553. The summed E-state index contributed by atoms with van der Waals surface area (Å²) in [7, 11) is 3.18. The SMILES string of the molecule is COCCC(=O)Nc1nc2cc(OC)ccc2s1. The smallest absolute Gasteiger partial charge is 0.228 e. The number of thiazole rings is 1. The van der Waals surface area contributed by atoms with Crippen molar-refractivity contribution in [2.24, 2.45) is 0 Å². The number of nitrogens with one attached hydrogen (secondary N) is 1. The van der Waals surface area contributed by atoms with Crippen molar-refractivity contribution in [3.63, 3.8) is 0 Å². The minimum atomic E-state index is -0.0946. The monoisotopic (exact) mass is 266 g/mol. The van der Waals surface area contributed by atoms with Crippen molar-refractivity contribution in [3.05, 3.63) is 18.2 Å². The van der Waals surface area contributed by atoms with Crippen LogP contribution in [0.5, 0.6) is 5.75 Å². The van der Waals surface area contributed by atoms with Crippen molar-refractivity contribution in [2.75, 3.05) is 26.1 Å². The van der Waals surface area contributed by atoms with Crippen molar-refractivity contribution in [1.82, 2.24) is 4.98 Å². The number of amides is 1. The number of fused-ring (bicyclic) bond motifs is 1. The predicted octanol–water partition coefficient (Wildman–Crippen LogP) is 2.28. The second-order valence-corrected chi connectivity index (χ2v) is 4.67. The number of benzene rings is 1. The van der Waals surface area contributed by atoms with Gasteiger partial charge in [-0.25, -0.2) is 4.98 Å². The fourth-order valence-electron chi connectivity index (χ4n) is 1.46. The highest BCUT2D eigenvalue weighted by Crippen LogP contribution is 2.28. The van der Waals surface area contributed by atoms with Gasteiger partial charge in [0.15, 0.2) is 5.13 Å². The van der Waals surface area contributed by atoms with Crippen LogP contribution in [0, 0.1) is 0 Å². The molecule has 0 aliphatic heterocycles. The number of anilines is 1. The first-order chi connectivity index (χ1) is 8.72. The average Bonchev–Trinajstić information content (AvgIpc) is 2.77. The Labute approximate surface area is 109 Å². The van der Waals surface area contributed by atoms with E-state index in [2.05, 4.69) is 10.3 Å². The summed E-state index contributed by atoms with van der Waals surface area (Å²) < 4.78 is 11.0. The average molecular weight is 266 g/mol. The van der Waals surface area contributed by atoms with Crippen LogP contribution in [-0.2, 0) is 9.53 Å². The highest BCUT2D eigenvalue weighted by atomic mass is 32.1. The van der Waals surface area contributed by atoms with E-state index in [1.807, 2.05) is 18.2 Å². The maximum Gasteiger partial charge on any atom is 0.228 e. The van der Waals surface area contributed by atoms with Crippen LogP contribution < -0.4 is 10.1 Å². The molecule has 0 saturated carbocycles. The lowest BCUT2D eigenvalue weighted by Gasteiger charge is -1.99. The molecule has 0 atom stereocenters. The zero-order valence-electron chi connectivity index (χ0n) is 10.2. The van der Waals surface area contributed by atoms with E-state index in [0.29, 0.717) is 18.2 Å². The van der Waals surface area contributed by atoms with Gasteiger partial charge in [-0.3, -0.25) is 4.79 Å². The number of ether oxygens (including phenoxy) is 2. The molecule has 0 fully saturated rings. The summed E-state index contributed by atoms with van der Waals surface area (Å²) in [5.74, 6) is 0.660. The van der Waals surface area contributed by atoms with Crippen LogP contribution in [0.2, 0.25) is 0 Å². The number of aromatic nitrogens is 1. The van der Waals surface area contributed by atoms with Gasteiger partial charge in [0.25, 0.3) is 0 Å². The lowest BCUT2D eigenvalue weighted by atomic mass is 10.3. The van der Waals surface area contributed by atoms with Gasteiger partial charge in [0.2, 0.25) is 5.91 Å². The van der Waals surface area contributed by atoms with Gasteiger partial charge < -0.3 is 14.8 Å². The van der Waals surface area contributed by atoms with Gasteiger partial charge >= 0.3 is 0 Å². The molecule has 1 amide bonds. The van der Waals surface area contributed by atoms with Gasteiger partial charge in [0, 0.05) is 13.2 Å². The van der Waals surface area contributed by atoms with Gasteiger partial charge in [-0.2, -0.15) is 0 Å². The molecular formula is C12H14N2O3S. The molecule has 0 radical (unpaired) electrons. The quantitative estimate of drug-likeness (QED) is 0.902. The van der Waals surface area contributed by atoms with Crippen molar-refractivity contribution >= 4 is 32.6 Å². The Morgan fingerprint density at radius 2 is 2.28 bits per heavy atom. The van der Waals surface area contributed by atoms with Crippen molar-refractivity contribution < 1.29 is 14.3 Å². The van der Waals surface area contributed by atoms with Gasteiger partial charge in [0.05, 0.1) is 30.4 Å². The molecule has 1 heterocycles. The summed E-state index contributed by atoms with van der Waals surface area (Å²) in [6, 6.07) is 5.64. The summed E-state index contributed by atoms with van der Waals surface area (Å²) in [5, 5.41) is 3.35. The third-order valence-electron chi connectivity index (χ3n) is 2.37. The molecular weight excluding hydrogens is 252 g/mol. The highest BCUT2D eigenvalue weighted by molar-refractivity contribution is 7.22. The Morgan fingerprint density at radius 3 is 3.00 bits per heavy atom. The first kappa shape index (κ1) is 12.8. The molecule has 96 valence electrons. The summed E-state index contributed by atoms with van der Waals surface area (Å²) in [6.45, 7) is 0.407. The van der Waals surface area contributed by atoms with Crippen LogP contribution in [-0.4, -0.2) is 31.7 Å². The molecule has 0 saturated heterocycles. The molecule has 1 aromatic carbocycles. The fourth-order valence-corrected chi connectivity index (χ4v) is 2.33. The first-order valence-corrected chi connectivity index (χ1v) is 6.28. The minimum absolute atomic E-state index is 0.0946. The van der Waals surface area contributed by atoms with Gasteiger partial charge in [-0.1, -0.05) is 11.3 Å². The van der Waals surface area contributed by atoms with Crippen LogP contribution >= 0.6 is 11.3 Å². The molecule has 18 heavy (non-hydrogen) atoms. The number of rotatable bonds is 5. The van der Waals surface area contributed by atoms with Gasteiger partial charge in [-0.05, 0) is 12.1 Å². The predicted molar refractivity (Wildman–Crippen MR) is 71.3 cm³/mol. The van der Waals surface area contributed by atoms with Crippen molar-refractivity contribution in [3.8, 4) is 5.75 Å². The van der Waals surface area contributed by atoms with Crippen LogP contribution in [0.4, 0.5) is 5.13 Å². The van der Waals surface area contributed by atoms with E-state index >= 15 is 0 Å². The molecule has 0 unspecified atom stereocenters. The molecule has 0 spiro atoms. The minimum Gasteiger partial charge on any atom is -0.497 e. The first-order valence-electron chi connectivity index (χ1n) is 5.46. The maximum atomic E-state index is 11.5. The van der Waals surface area contributed by atoms with E-state index in [1.54, 1.807) is 14.2 Å². The lowest BCUT2D eigenvalue weighted by Crippen LogP contribution is -2.13. The molecule has 6 heteroatoms. The second-order valence-electron chi connectivity index (χ2n) is 3.64. The Kier molecular flexibility index (Phi) is 4.11. The van der Waals surface area contributed by atoms with Gasteiger partial charge in [-0.15, -0.1) is 0 Å². The third kappa shape index (κ3) is 2.96. The number of nitrogens with zero attached hydrogens (tertiary/aromatic N) is 1. The summed E-state index contributed by atoms with van der Waals surface area (Å²) in [4.78, 5) is 15.9. The second kappa shape index (κ2) is 5.79. The van der Waals surface area contributed by atoms with Crippen molar-refractivity contribution in [2.45, 2.75) is 6.42 Å². The molecule has 2 aromatic rings. The zero-order valence-corrected chi connectivity index (χ0v) is 11.0. The standard InChI is InChI=1S/C12H14N2O3S/c1-16-6-5-11(15)14-12-13-9-7-8(17-2)3-4-10(9)18-12/h3-4,7H,5-6H2,1-2H3,(H,13,14,15). The third-order valence-corrected chi connectivity index (χ3v) is 3.33. The van der Waals surface area contributed by atoms with Crippen LogP contribution in [0.3, 0.4) is 0 Å². The maximum absolute atomic E-state index is 11.5. The number of carbonyl (C=O) groups excluding carboxylic acids is 1. The zero-order chi connectivity index (χ0) is 13.0. The molecule has 0 bridgehead atoms. The van der Waals surface area contributed by atoms with E-state index in [9.17, 15) is 4.79 Å². The molecule has 5 nitrogen and oxygen atoms in total. The van der Waals surface area contributed by atoms with Crippen molar-refractivity contribution in [1.29, 1.82) is 0 Å². The summed E-state index contributed by atoms with van der Waals surface area (Å²) in [5.41, 5.74) is 0.821. The number of carbonyl (C=O) groups is 1. The van der Waals surface area contributed by atoms with E-state index < -0.39 is 0 Å². The Morgan fingerprint density at radius 1 is 1.44 bits per heavy atom. The number of methoxy groups -OCH3 is 2. The molecule has 0 aliphatic rings. The Balaban J connectivity index is 2.12. The Hall–Kier alpha value is -1.66. The molecule has 2 rings (SSSR count). The van der Waals surface area contributed by atoms with Crippen LogP contribution in [0.25, 0.3) is 10.2 Å². The normalized spacial score (nSPS) is 10.6. The van der Waals surface area contributed by atoms with Crippen LogP contribution in [0.1, 0.15) is 6.42 Å². The lowest BCUT2D eigenvalue weighted by molar-refractivity contribution is -0.117. The highest BCUT2D eigenvalue weighted by Gasteiger charge is 2.08. The molecule has 0 aliphatic carbocycles. The summed E-state index contributed by atoms with van der Waals surface area (Å²) >= 11 is 1.44. The van der Waals surface area contributed by atoms with E-state index in [1.165, 1.54) is 11.3 Å². The molecule has 1 N–H and O–H groups in total. The number of hydrogen-bond acceptors (Lipinski definition) is 5. The van der Waals surface area contributed by atoms with E-state index in [-0.39, 0.29) is 5.91 Å². The van der Waals surface area contributed by atoms with E-state index in [0.717, 1.165) is 16.0 Å². The number of hydrogen-bond donors (Lipinski definition) is 1.